The molecule has 0 radical (unpaired) electrons. The van der Waals surface area contributed by atoms with Gasteiger partial charge in [0.15, 0.2) is 0 Å². The molecule has 0 nitrogen and oxygen atoms in total. The van der Waals surface area contributed by atoms with E-state index in [4.69, 9.17) is 0 Å². The van der Waals surface area contributed by atoms with Gasteiger partial charge in [0.25, 0.3) is 0 Å². The van der Waals surface area contributed by atoms with E-state index in [2.05, 4.69) is 48.8 Å². The second-order valence-electron chi connectivity index (χ2n) is 4.18. The summed E-state index contributed by atoms with van der Waals surface area (Å²) in [5.74, 6) is 5.01. The molecular formula is C11H18Ge. The molecule has 0 spiro atoms. The van der Waals surface area contributed by atoms with E-state index in [-0.39, 0.29) is 0 Å². The van der Waals surface area contributed by atoms with Gasteiger partial charge in [-0.05, 0) is 0 Å². The number of benzene rings is 1. The van der Waals surface area contributed by atoms with Crippen molar-refractivity contribution >= 4 is 13.3 Å². The van der Waals surface area contributed by atoms with Crippen molar-refractivity contribution in [1.29, 1.82) is 0 Å². The summed E-state index contributed by atoms with van der Waals surface area (Å²) in [7, 11) is 0. The van der Waals surface area contributed by atoms with Gasteiger partial charge < -0.3 is 0 Å². The molecule has 0 saturated carbocycles. The summed E-state index contributed by atoms with van der Waals surface area (Å²) in [4.78, 5) is 0. The van der Waals surface area contributed by atoms with Crippen LogP contribution in [0.3, 0.4) is 0 Å². The molecule has 1 heteroatoms. The zero-order chi connectivity index (χ0) is 9.03. The predicted molar refractivity (Wildman–Crippen MR) is 58.1 cm³/mol. The molecule has 66 valence electrons. The van der Waals surface area contributed by atoms with Crippen LogP contribution in [0.2, 0.25) is 16.8 Å². The van der Waals surface area contributed by atoms with Crippen LogP contribution in [0.4, 0.5) is 0 Å². The third kappa shape index (κ3) is 3.02. The molecule has 0 atom stereocenters. The van der Waals surface area contributed by atoms with E-state index < -0.39 is 13.3 Å². The first-order chi connectivity index (χ1) is 5.64. The van der Waals surface area contributed by atoms with Crippen LogP contribution in [-0.2, 0) is 5.25 Å². The molecule has 1 rings (SSSR count). The third-order valence-electron chi connectivity index (χ3n) is 2.48. The molecule has 12 heavy (non-hydrogen) atoms. The molecule has 1 aromatic carbocycles. The predicted octanol–water partition coefficient (Wildman–Crippen LogP) is 3.50. The Morgan fingerprint density at radius 1 is 1.08 bits per heavy atom. The maximum absolute atomic E-state index is 2.51. The van der Waals surface area contributed by atoms with Crippen molar-refractivity contribution < 1.29 is 0 Å². The van der Waals surface area contributed by atoms with Crippen LogP contribution in [0.15, 0.2) is 30.3 Å². The van der Waals surface area contributed by atoms with E-state index in [9.17, 15) is 0 Å². The summed E-state index contributed by atoms with van der Waals surface area (Å²) in [5, 5.41) is 2.80. The zero-order valence-corrected chi connectivity index (χ0v) is 10.4. The molecule has 0 bridgehead atoms. The van der Waals surface area contributed by atoms with Gasteiger partial charge in [0.1, 0.15) is 0 Å². The van der Waals surface area contributed by atoms with Gasteiger partial charge in [-0.15, -0.1) is 0 Å². The van der Waals surface area contributed by atoms with Crippen LogP contribution in [0, 0.1) is 0 Å². The second-order valence-corrected chi connectivity index (χ2v) is 15.5. The molecule has 0 unspecified atom stereocenters. The Balaban J connectivity index is 2.64. The topological polar surface area (TPSA) is 0 Å². The Bertz CT molecular complexity index is 226. The number of hydrogen-bond donors (Lipinski definition) is 0. The second kappa shape index (κ2) is 4.13. The van der Waals surface area contributed by atoms with Crippen LogP contribution in [0.5, 0.6) is 0 Å². The minimum absolute atomic E-state index is 1.37. The van der Waals surface area contributed by atoms with Crippen molar-refractivity contribution in [2.75, 3.05) is 0 Å². The van der Waals surface area contributed by atoms with Gasteiger partial charge in [-0.1, -0.05) is 0 Å². The van der Waals surface area contributed by atoms with Crippen LogP contribution >= 0.6 is 0 Å². The maximum atomic E-state index is 2.51. The summed E-state index contributed by atoms with van der Waals surface area (Å²) < 4.78 is 0. The molecule has 0 heterocycles. The zero-order valence-electron chi connectivity index (χ0n) is 8.30. The van der Waals surface area contributed by atoms with Gasteiger partial charge in [-0.3, -0.25) is 0 Å². The first kappa shape index (κ1) is 9.85. The average molecular weight is 223 g/mol. The molecule has 0 aliphatic carbocycles. The summed E-state index contributed by atoms with van der Waals surface area (Å²) in [6.45, 7) is 2.34. The molecule has 0 saturated heterocycles. The molecule has 0 fully saturated rings. The van der Waals surface area contributed by atoms with E-state index in [0.29, 0.717) is 0 Å². The molecule has 0 aliphatic rings. The van der Waals surface area contributed by atoms with Crippen molar-refractivity contribution in [1.82, 2.24) is 0 Å². The molecule has 1 aromatic rings. The third-order valence-corrected chi connectivity index (χ3v) is 9.36. The van der Waals surface area contributed by atoms with Gasteiger partial charge in [-0.25, -0.2) is 0 Å². The Kier molecular flexibility index (Phi) is 3.39. The standard InChI is InChI=1S/C11H18Ge/c1-4-12(2,3)10-11-8-6-5-7-9-11/h5-9H,4,10H2,1-3H3. The van der Waals surface area contributed by atoms with Gasteiger partial charge in [0.05, 0.1) is 0 Å². The van der Waals surface area contributed by atoms with Gasteiger partial charge in [0, 0.05) is 0 Å². The van der Waals surface area contributed by atoms with E-state index in [1.807, 2.05) is 0 Å². The Morgan fingerprint density at radius 2 is 1.67 bits per heavy atom. The van der Waals surface area contributed by atoms with Crippen molar-refractivity contribution in [2.45, 2.75) is 28.9 Å². The summed E-state index contributed by atoms with van der Waals surface area (Å²) in [5.41, 5.74) is 1.53. The number of rotatable bonds is 3. The Morgan fingerprint density at radius 3 is 2.17 bits per heavy atom. The first-order valence-corrected chi connectivity index (χ1v) is 11.8. The molecular weight excluding hydrogens is 205 g/mol. The number of hydrogen-bond acceptors (Lipinski definition) is 0. The quantitative estimate of drug-likeness (QED) is 0.687. The summed E-state index contributed by atoms with van der Waals surface area (Å²) in [6.07, 6.45) is 0. The summed E-state index contributed by atoms with van der Waals surface area (Å²) >= 11 is -1.40. The molecule has 0 amide bonds. The van der Waals surface area contributed by atoms with Crippen LogP contribution < -0.4 is 0 Å². The average Bonchev–Trinajstić information content (AvgIpc) is 2.06. The van der Waals surface area contributed by atoms with Crippen molar-refractivity contribution in [3.63, 3.8) is 0 Å². The van der Waals surface area contributed by atoms with Crippen LogP contribution in [0.1, 0.15) is 12.5 Å². The fourth-order valence-corrected chi connectivity index (χ4v) is 4.61. The monoisotopic (exact) mass is 224 g/mol. The minimum atomic E-state index is -1.40. The normalized spacial score (nSPS) is 11.6. The van der Waals surface area contributed by atoms with Crippen molar-refractivity contribution in [3.8, 4) is 0 Å². The Hall–Kier alpha value is -0.237. The molecule has 0 aliphatic heterocycles. The van der Waals surface area contributed by atoms with Crippen LogP contribution in [-0.4, -0.2) is 13.3 Å². The Labute approximate surface area is 78.4 Å². The molecule has 0 N–H and O–H groups in total. The van der Waals surface area contributed by atoms with Crippen LogP contribution in [0.25, 0.3) is 0 Å². The van der Waals surface area contributed by atoms with Gasteiger partial charge in [-0.2, -0.15) is 0 Å². The van der Waals surface area contributed by atoms with E-state index >= 15 is 0 Å². The van der Waals surface area contributed by atoms with E-state index in [0.717, 1.165) is 0 Å². The van der Waals surface area contributed by atoms with Gasteiger partial charge >= 0.3 is 78.1 Å². The van der Waals surface area contributed by atoms with Crippen molar-refractivity contribution in [3.05, 3.63) is 35.9 Å². The summed E-state index contributed by atoms with van der Waals surface area (Å²) in [6, 6.07) is 10.9. The fourth-order valence-electron chi connectivity index (χ4n) is 1.27. The van der Waals surface area contributed by atoms with Crippen molar-refractivity contribution in [2.24, 2.45) is 0 Å². The van der Waals surface area contributed by atoms with E-state index in [1.165, 1.54) is 16.1 Å². The fraction of sp³-hybridized carbons (Fsp3) is 0.455. The van der Waals surface area contributed by atoms with Gasteiger partial charge in [0.2, 0.25) is 0 Å². The van der Waals surface area contributed by atoms with E-state index in [1.54, 1.807) is 0 Å². The SMILES string of the molecule is C[CH2][Ge]([CH3])([CH3])[CH2]c1ccccc1. The molecule has 0 aromatic heterocycles. The first-order valence-electron chi connectivity index (χ1n) is 4.68.